The van der Waals surface area contributed by atoms with E-state index in [9.17, 15) is 4.79 Å². The minimum atomic E-state index is -0.118. The van der Waals surface area contributed by atoms with Crippen molar-refractivity contribution in [2.75, 3.05) is 0 Å². The van der Waals surface area contributed by atoms with Gasteiger partial charge in [0.15, 0.2) is 0 Å². The van der Waals surface area contributed by atoms with Crippen LogP contribution in [0.3, 0.4) is 0 Å². The molecule has 0 amide bonds. The van der Waals surface area contributed by atoms with Crippen molar-refractivity contribution in [2.45, 2.75) is 24.9 Å². The Morgan fingerprint density at radius 2 is 1.42 bits per heavy atom. The molecule has 1 fully saturated rings. The lowest BCUT2D eigenvalue weighted by Gasteiger charge is -2.29. The minimum absolute atomic E-state index is 0.103. The van der Waals surface area contributed by atoms with E-state index < -0.39 is 0 Å². The van der Waals surface area contributed by atoms with E-state index in [0.29, 0.717) is 6.42 Å². The van der Waals surface area contributed by atoms with Gasteiger partial charge in [-0.25, -0.2) is 0 Å². The SMILES string of the molecule is O=C1CC(c2ccccc2)CC(c2ccccc2)O1. The molecule has 2 atom stereocenters. The highest BCUT2D eigenvalue weighted by atomic mass is 16.5. The molecule has 1 saturated heterocycles. The average molecular weight is 252 g/mol. The number of carbonyl (C=O) groups excluding carboxylic acids is 1. The Bertz CT molecular complexity index is 498. The van der Waals surface area contributed by atoms with Crippen LogP contribution in [0.5, 0.6) is 0 Å². The van der Waals surface area contributed by atoms with Crippen LogP contribution in [-0.4, -0.2) is 5.97 Å². The summed E-state index contributed by atoms with van der Waals surface area (Å²) in [5.41, 5.74) is 2.30. The summed E-state index contributed by atoms with van der Waals surface area (Å²) >= 11 is 0. The van der Waals surface area contributed by atoms with E-state index >= 15 is 0 Å². The fourth-order valence-corrected chi connectivity index (χ4v) is 2.65. The molecule has 0 radical (unpaired) electrons. The van der Waals surface area contributed by atoms with Gasteiger partial charge >= 0.3 is 5.97 Å². The zero-order valence-corrected chi connectivity index (χ0v) is 10.7. The second-order valence-electron chi connectivity index (χ2n) is 4.94. The summed E-state index contributed by atoms with van der Waals surface area (Å²) in [6.45, 7) is 0. The maximum atomic E-state index is 11.8. The first-order valence-electron chi connectivity index (χ1n) is 6.62. The van der Waals surface area contributed by atoms with Crippen molar-refractivity contribution >= 4 is 5.97 Å². The zero-order chi connectivity index (χ0) is 13.1. The van der Waals surface area contributed by atoms with Crippen molar-refractivity contribution in [3.63, 3.8) is 0 Å². The van der Waals surface area contributed by atoms with Gasteiger partial charge in [-0.3, -0.25) is 4.79 Å². The number of hydrogen-bond acceptors (Lipinski definition) is 2. The number of rotatable bonds is 2. The molecule has 0 saturated carbocycles. The molecular formula is C17H16O2. The van der Waals surface area contributed by atoms with Crippen LogP contribution in [0.25, 0.3) is 0 Å². The molecule has 0 bridgehead atoms. The van der Waals surface area contributed by atoms with Gasteiger partial charge in [0.25, 0.3) is 0 Å². The molecule has 3 rings (SSSR count). The molecule has 0 aliphatic carbocycles. The van der Waals surface area contributed by atoms with Crippen LogP contribution in [-0.2, 0) is 9.53 Å². The predicted octanol–water partition coefficient (Wildman–Crippen LogP) is 3.85. The fourth-order valence-electron chi connectivity index (χ4n) is 2.65. The van der Waals surface area contributed by atoms with Gasteiger partial charge in [-0.05, 0) is 23.5 Å². The summed E-state index contributed by atoms with van der Waals surface area (Å²) < 4.78 is 5.49. The van der Waals surface area contributed by atoms with Crippen LogP contribution in [0, 0.1) is 0 Å². The van der Waals surface area contributed by atoms with Crippen molar-refractivity contribution in [2.24, 2.45) is 0 Å². The molecule has 2 nitrogen and oxygen atoms in total. The maximum Gasteiger partial charge on any atom is 0.307 e. The average Bonchev–Trinajstić information content (AvgIpc) is 2.48. The summed E-state index contributed by atoms with van der Waals surface area (Å²) in [7, 11) is 0. The molecule has 19 heavy (non-hydrogen) atoms. The highest BCUT2D eigenvalue weighted by molar-refractivity contribution is 5.72. The quantitative estimate of drug-likeness (QED) is 0.759. The molecule has 1 aliphatic rings. The van der Waals surface area contributed by atoms with Crippen molar-refractivity contribution in [3.8, 4) is 0 Å². The molecule has 0 N–H and O–H groups in total. The highest BCUT2D eigenvalue weighted by Crippen LogP contribution is 2.37. The van der Waals surface area contributed by atoms with Crippen LogP contribution in [0.1, 0.15) is 36.0 Å². The number of esters is 1. The van der Waals surface area contributed by atoms with E-state index in [1.165, 1.54) is 5.56 Å². The van der Waals surface area contributed by atoms with Crippen LogP contribution in [0.4, 0.5) is 0 Å². The third-order valence-electron chi connectivity index (χ3n) is 3.63. The lowest BCUT2D eigenvalue weighted by atomic mass is 9.86. The monoisotopic (exact) mass is 252 g/mol. The zero-order valence-electron chi connectivity index (χ0n) is 10.7. The predicted molar refractivity (Wildman–Crippen MR) is 73.7 cm³/mol. The Morgan fingerprint density at radius 3 is 2.05 bits per heavy atom. The summed E-state index contributed by atoms with van der Waals surface area (Å²) in [6, 6.07) is 20.2. The second-order valence-corrected chi connectivity index (χ2v) is 4.94. The molecule has 1 aliphatic heterocycles. The Morgan fingerprint density at radius 1 is 0.842 bits per heavy atom. The third kappa shape index (κ3) is 2.68. The van der Waals surface area contributed by atoms with Crippen LogP contribution in [0.15, 0.2) is 60.7 Å². The number of ether oxygens (including phenoxy) is 1. The van der Waals surface area contributed by atoms with Gasteiger partial charge < -0.3 is 4.74 Å². The second kappa shape index (κ2) is 5.27. The number of cyclic esters (lactones) is 1. The molecule has 2 heteroatoms. The van der Waals surface area contributed by atoms with E-state index in [2.05, 4.69) is 12.1 Å². The van der Waals surface area contributed by atoms with Gasteiger partial charge in [-0.2, -0.15) is 0 Å². The number of hydrogen-bond donors (Lipinski definition) is 0. The standard InChI is InChI=1S/C17H16O2/c18-17-12-15(13-7-3-1-4-8-13)11-16(19-17)14-9-5-2-6-10-14/h1-10,15-16H,11-12H2. The van der Waals surface area contributed by atoms with Gasteiger partial charge in [-0.1, -0.05) is 60.7 Å². The lowest BCUT2D eigenvalue weighted by Crippen LogP contribution is -2.23. The van der Waals surface area contributed by atoms with Crippen LogP contribution < -0.4 is 0 Å². The van der Waals surface area contributed by atoms with E-state index in [1.807, 2.05) is 48.5 Å². The molecule has 2 aromatic rings. The third-order valence-corrected chi connectivity index (χ3v) is 3.63. The summed E-state index contributed by atoms with van der Waals surface area (Å²) in [5.74, 6) is 0.154. The largest absolute Gasteiger partial charge is 0.457 e. The van der Waals surface area contributed by atoms with E-state index in [-0.39, 0.29) is 18.0 Å². The van der Waals surface area contributed by atoms with Gasteiger partial charge in [0.05, 0.1) is 6.42 Å². The minimum Gasteiger partial charge on any atom is -0.457 e. The smallest absolute Gasteiger partial charge is 0.307 e. The van der Waals surface area contributed by atoms with Crippen molar-refractivity contribution in [1.82, 2.24) is 0 Å². The number of carbonyl (C=O) groups is 1. The molecule has 0 aromatic heterocycles. The van der Waals surface area contributed by atoms with Crippen molar-refractivity contribution in [3.05, 3.63) is 71.8 Å². The van der Waals surface area contributed by atoms with Crippen LogP contribution >= 0.6 is 0 Å². The Balaban J connectivity index is 1.84. The van der Waals surface area contributed by atoms with Gasteiger partial charge in [0, 0.05) is 0 Å². The molecule has 1 heterocycles. The Kier molecular flexibility index (Phi) is 3.32. The molecule has 2 unspecified atom stereocenters. The van der Waals surface area contributed by atoms with Gasteiger partial charge in [0.2, 0.25) is 0 Å². The molecular weight excluding hydrogens is 236 g/mol. The summed E-state index contributed by atoms with van der Waals surface area (Å²) in [6.07, 6.45) is 1.22. The fraction of sp³-hybridized carbons (Fsp3) is 0.235. The maximum absolute atomic E-state index is 11.8. The lowest BCUT2D eigenvalue weighted by molar-refractivity contribution is -0.155. The first-order valence-corrected chi connectivity index (χ1v) is 6.62. The van der Waals surface area contributed by atoms with Crippen molar-refractivity contribution < 1.29 is 9.53 Å². The van der Waals surface area contributed by atoms with Gasteiger partial charge in [-0.15, -0.1) is 0 Å². The first-order chi connectivity index (χ1) is 9.33. The van der Waals surface area contributed by atoms with E-state index in [0.717, 1.165) is 12.0 Å². The summed E-state index contributed by atoms with van der Waals surface area (Å²) in [5, 5.41) is 0. The van der Waals surface area contributed by atoms with Crippen LogP contribution in [0.2, 0.25) is 0 Å². The molecule has 96 valence electrons. The molecule has 2 aromatic carbocycles. The Hall–Kier alpha value is -2.09. The van der Waals surface area contributed by atoms with E-state index in [4.69, 9.17) is 4.74 Å². The Labute approximate surface area is 113 Å². The van der Waals surface area contributed by atoms with Gasteiger partial charge in [0.1, 0.15) is 6.10 Å². The topological polar surface area (TPSA) is 26.3 Å². The first kappa shape index (κ1) is 12.0. The summed E-state index contributed by atoms with van der Waals surface area (Å²) in [4.78, 5) is 11.8. The number of benzene rings is 2. The van der Waals surface area contributed by atoms with Crippen molar-refractivity contribution in [1.29, 1.82) is 0 Å². The van der Waals surface area contributed by atoms with E-state index in [1.54, 1.807) is 0 Å². The molecule has 0 spiro atoms. The normalized spacial score (nSPS) is 22.8. The highest BCUT2D eigenvalue weighted by Gasteiger charge is 2.30.